The third kappa shape index (κ3) is 5.48. The maximum atomic E-state index is 10.1. The second-order valence-electron chi connectivity index (χ2n) is 8.02. The van der Waals surface area contributed by atoms with Crippen LogP contribution in [0.2, 0.25) is 0 Å². The fourth-order valence-electron chi connectivity index (χ4n) is 4.28. The highest BCUT2D eigenvalue weighted by Crippen LogP contribution is 2.27. The van der Waals surface area contributed by atoms with Crippen molar-refractivity contribution in [1.82, 2.24) is 15.1 Å². The van der Waals surface area contributed by atoms with Gasteiger partial charge in [0.05, 0.1) is 18.9 Å². The highest BCUT2D eigenvalue weighted by molar-refractivity contribution is 5.80. The number of anilines is 1. The molecule has 0 radical (unpaired) electrons. The van der Waals surface area contributed by atoms with Gasteiger partial charge < -0.3 is 25.0 Å². The number of hydrogen-bond acceptors (Lipinski definition) is 5. The Labute approximate surface area is 184 Å². The zero-order valence-corrected chi connectivity index (χ0v) is 18.3. The van der Waals surface area contributed by atoms with Crippen molar-refractivity contribution in [2.24, 2.45) is 4.99 Å². The molecule has 0 atom stereocenters. The SMILES string of the molecule is CN=C(NCc1ccccc1CN1CCOCC1)N1CCN(c2ccccc2O)CC1. The molecule has 2 aromatic rings. The molecule has 0 aromatic heterocycles. The molecule has 2 heterocycles. The van der Waals surface area contributed by atoms with Gasteiger partial charge in [-0.05, 0) is 23.3 Å². The summed E-state index contributed by atoms with van der Waals surface area (Å²) in [5, 5.41) is 13.7. The number of aromatic hydroxyl groups is 1. The molecule has 2 saturated heterocycles. The molecule has 2 aromatic carbocycles. The zero-order valence-electron chi connectivity index (χ0n) is 18.3. The third-order valence-electron chi connectivity index (χ3n) is 6.07. The van der Waals surface area contributed by atoms with Gasteiger partial charge in [-0.3, -0.25) is 9.89 Å². The zero-order chi connectivity index (χ0) is 21.5. The molecular formula is C24H33N5O2. The number of morpholine rings is 1. The van der Waals surface area contributed by atoms with Crippen molar-refractivity contribution >= 4 is 11.6 Å². The largest absolute Gasteiger partial charge is 0.506 e. The quantitative estimate of drug-likeness (QED) is 0.568. The first-order valence-corrected chi connectivity index (χ1v) is 11.1. The first kappa shape index (κ1) is 21.5. The van der Waals surface area contributed by atoms with Crippen LogP contribution in [0.1, 0.15) is 11.1 Å². The van der Waals surface area contributed by atoms with E-state index in [0.29, 0.717) is 5.75 Å². The molecule has 2 fully saturated rings. The predicted molar refractivity (Wildman–Crippen MR) is 125 cm³/mol. The van der Waals surface area contributed by atoms with Crippen molar-refractivity contribution in [1.29, 1.82) is 0 Å². The van der Waals surface area contributed by atoms with Gasteiger partial charge >= 0.3 is 0 Å². The number of hydrogen-bond donors (Lipinski definition) is 2. The Bertz CT molecular complexity index is 874. The number of para-hydroxylation sites is 2. The van der Waals surface area contributed by atoms with E-state index in [4.69, 9.17) is 4.74 Å². The van der Waals surface area contributed by atoms with Crippen LogP contribution in [0.4, 0.5) is 5.69 Å². The Morgan fingerprint density at radius 1 is 0.935 bits per heavy atom. The number of ether oxygens (including phenoxy) is 1. The van der Waals surface area contributed by atoms with Crippen LogP contribution in [0, 0.1) is 0 Å². The summed E-state index contributed by atoms with van der Waals surface area (Å²) in [6.07, 6.45) is 0. The number of phenols is 1. The standard InChI is InChI=1S/C24H33N5O2/c1-25-24(29-12-10-28(11-13-29)22-8-4-5-9-23(22)30)26-18-20-6-2-3-7-21(20)19-27-14-16-31-17-15-27/h2-9,30H,10-19H2,1H3,(H,25,26). The second kappa shape index (κ2) is 10.5. The lowest BCUT2D eigenvalue weighted by molar-refractivity contribution is 0.0341. The van der Waals surface area contributed by atoms with Gasteiger partial charge in [-0.25, -0.2) is 0 Å². The third-order valence-corrected chi connectivity index (χ3v) is 6.07. The Morgan fingerprint density at radius 2 is 1.61 bits per heavy atom. The van der Waals surface area contributed by atoms with E-state index in [1.54, 1.807) is 6.07 Å². The predicted octanol–water partition coefficient (Wildman–Crippen LogP) is 2.12. The molecule has 0 bridgehead atoms. The Hall–Kier alpha value is -2.77. The summed E-state index contributed by atoms with van der Waals surface area (Å²) in [5.74, 6) is 1.27. The summed E-state index contributed by atoms with van der Waals surface area (Å²) in [5.41, 5.74) is 3.57. The van der Waals surface area contributed by atoms with E-state index in [0.717, 1.165) is 77.2 Å². The van der Waals surface area contributed by atoms with Gasteiger partial charge in [0.25, 0.3) is 0 Å². The second-order valence-corrected chi connectivity index (χ2v) is 8.02. The molecule has 166 valence electrons. The molecule has 4 rings (SSSR count). The van der Waals surface area contributed by atoms with E-state index in [2.05, 4.69) is 49.3 Å². The van der Waals surface area contributed by atoms with E-state index in [9.17, 15) is 5.11 Å². The maximum Gasteiger partial charge on any atom is 0.194 e. The van der Waals surface area contributed by atoms with Gasteiger partial charge in [-0.15, -0.1) is 0 Å². The van der Waals surface area contributed by atoms with Gasteiger partial charge in [0, 0.05) is 59.4 Å². The molecule has 7 nitrogen and oxygen atoms in total. The maximum absolute atomic E-state index is 10.1. The number of rotatable bonds is 5. The molecule has 0 amide bonds. The van der Waals surface area contributed by atoms with E-state index in [1.165, 1.54) is 11.1 Å². The fraction of sp³-hybridized carbons (Fsp3) is 0.458. The van der Waals surface area contributed by atoms with Crippen LogP contribution in [0.5, 0.6) is 5.75 Å². The molecule has 2 aliphatic heterocycles. The summed E-state index contributed by atoms with van der Waals surface area (Å²) >= 11 is 0. The van der Waals surface area contributed by atoms with Crippen LogP contribution in [0.3, 0.4) is 0 Å². The molecule has 2 aliphatic rings. The Balaban J connectivity index is 1.33. The fourth-order valence-corrected chi connectivity index (χ4v) is 4.28. The Kier molecular flexibility index (Phi) is 7.27. The average molecular weight is 424 g/mol. The van der Waals surface area contributed by atoms with E-state index in [1.807, 2.05) is 25.2 Å². The van der Waals surface area contributed by atoms with Crippen LogP contribution < -0.4 is 10.2 Å². The van der Waals surface area contributed by atoms with E-state index >= 15 is 0 Å². The monoisotopic (exact) mass is 423 g/mol. The molecule has 7 heteroatoms. The van der Waals surface area contributed by atoms with Gasteiger partial charge in [-0.1, -0.05) is 36.4 Å². The van der Waals surface area contributed by atoms with Crippen molar-refractivity contribution in [3.63, 3.8) is 0 Å². The van der Waals surface area contributed by atoms with E-state index < -0.39 is 0 Å². The van der Waals surface area contributed by atoms with Gasteiger partial charge in [0.2, 0.25) is 0 Å². The molecule has 0 aliphatic carbocycles. The summed E-state index contributed by atoms with van der Waals surface area (Å²) in [7, 11) is 1.84. The minimum absolute atomic E-state index is 0.343. The summed E-state index contributed by atoms with van der Waals surface area (Å²) in [6, 6.07) is 16.2. The number of phenolic OH excluding ortho intramolecular Hbond substituents is 1. The lowest BCUT2D eigenvalue weighted by Crippen LogP contribution is -2.52. The number of piperazine rings is 1. The molecule has 2 N–H and O–H groups in total. The minimum atomic E-state index is 0.343. The lowest BCUT2D eigenvalue weighted by Gasteiger charge is -2.38. The van der Waals surface area contributed by atoms with Crippen molar-refractivity contribution < 1.29 is 9.84 Å². The number of benzene rings is 2. The average Bonchev–Trinajstić information content (AvgIpc) is 2.82. The molecule has 31 heavy (non-hydrogen) atoms. The van der Waals surface area contributed by atoms with Crippen molar-refractivity contribution in [3.05, 3.63) is 59.7 Å². The summed E-state index contributed by atoms with van der Waals surface area (Å²) in [4.78, 5) is 11.5. The normalized spacial score (nSPS) is 18.3. The first-order valence-electron chi connectivity index (χ1n) is 11.1. The highest BCUT2D eigenvalue weighted by atomic mass is 16.5. The highest BCUT2D eigenvalue weighted by Gasteiger charge is 2.21. The lowest BCUT2D eigenvalue weighted by atomic mass is 10.1. The number of nitrogens with one attached hydrogen (secondary N) is 1. The smallest absolute Gasteiger partial charge is 0.194 e. The topological polar surface area (TPSA) is 63.6 Å². The Morgan fingerprint density at radius 3 is 2.32 bits per heavy atom. The van der Waals surface area contributed by atoms with Gasteiger partial charge in [-0.2, -0.15) is 0 Å². The number of guanidine groups is 1. The molecular weight excluding hydrogens is 390 g/mol. The van der Waals surface area contributed by atoms with Crippen LogP contribution in [0.15, 0.2) is 53.5 Å². The van der Waals surface area contributed by atoms with Crippen LogP contribution in [-0.4, -0.2) is 80.4 Å². The van der Waals surface area contributed by atoms with E-state index in [-0.39, 0.29) is 0 Å². The van der Waals surface area contributed by atoms with Gasteiger partial charge in [0.1, 0.15) is 5.75 Å². The molecule has 0 unspecified atom stereocenters. The van der Waals surface area contributed by atoms with Crippen molar-refractivity contribution in [2.75, 3.05) is 64.4 Å². The van der Waals surface area contributed by atoms with Crippen LogP contribution in [-0.2, 0) is 17.8 Å². The van der Waals surface area contributed by atoms with Crippen molar-refractivity contribution in [3.8, 4) is 5.75 Å². The van der Waals surface area contributed by atoms with Gasteiger partial charge in [0.15, 0.2) is 5.96 Å². The number of nitrogens with zero attached hydrogens (tertiary/aromatic N) is 4. The van der Waals surface area contributed by atoms with Crippen LogP contribution in [0.25, 0.3) is 0 Å². The minimum Gasteiger partial charge on any atom is -0.506 e. The molecule has 0 saturated carbocycles. The van der Waals surface area contributed by atoms with Crippen molar-refractivity contribution in [2.45, 2.75) is 13.1 Å². The number of aliphatic imine (C=N–C) groups is 1. The van der Waals surface area contributed by atoms with Crippen LogP contribution >= 0.6 is 0 Å². The first-order chi connectivity index (χ1) is 15.2. The summed E-state index contributed by atoms with van der Waals surface area (Å²) < 4.78 is 5.48. The summed E-state index contributed by atoms with van der Waals surface area (Å²) in [6.45, 7) is 8.77. The molecule has 0 spiro atoms.